The van der Waals surface area contributed by atoms with Crippen molar-refractivity contribution in [2.75, 3.05) is 6.54 Å². The Hall–Kier alpha value is 0.177. The van der Waals surface area contributed by atoms with Crippen molar-refractivity contribution in [3.05, 3.63) is 0 Å². The number of nitrogens with two attached hydrogens (primary N) is 1. The molecule has 0 aliphatic rings. The van der Waals surface area contributed by atoms with E-state index >= 15 is 0 Å². The quantitative estimate of drug-likeness (QED) is 0.567. The van der Waals surface area contributed by atoms with Gasteiger partial charge in [-0.3, -0.25) is 0 Å². The van der Waals surface area contributed by atoms with Crippen LogP contribution in [-0.2, 0) is 0 Å². The summed E-state index contributed by atoms with van der Waals surface area (Å²) in [5, 5.41) is 0. The molecule has 1 atom stereocenters. The molecule has 0 bridgehead atoms. The first kappa shape index (κ1) is 8.18. The molecule has 1 unspecified atom stereocenters. The van der Waals surface area contributed by atoms with Crippen molar-refractivity contribution in [1.29, 1.82) is 0 Å². The Balaban J connectivity index is 3.62. The van der Waals surface area contributed by atoms with Gasteiger partial charge in [0.25, 0.3) is 0 Å². The molecule has 0 saturated heterocycles. The second kappa shape index (κ2) is 2.64. The standard InChI is InChI=1S/C6H17NSi/c1-6(5-7)8(2,3)4/h6H,5,7H2,1-4H3. The van der Waals surface area contributed by atoms with Crippen LogP contribution in [0, 0.1) is 0 Å². The van der Waals surface area contributed by atoms with Crippen molar-refractivity contribution in [1.82, 2.24) is 0 Å². The van der Waals surface area contributed by atoms with Crippen molar-refractivity contribution < 1.29 is 0 Å². The van der Waals surface area contributed by atoms with E-state index in [4.69, 9.17) is 5.73 Å². The molecule has 8 heavy (non-hydrogen) atoms. The first-order chi connectivity index (χ1) is 3.48. The Morgan fingerprint density at radius 1 is 1.38 bits per heavy atom. The van der Waals surface area contributed by atoms with Crippen molar-refractivity contribution in [3.8, 4) is 0 Å². The highest BCUT2D eigenvalue weighted by atomic mass is 28.3. The summed E-state index contributed by atoms with van der Waals surface area (Å²) >= 11 is 0. The van der Waals surface area contributed by atoms with Gasteiger partial charge in [-0.2, -0.15) is 0 Å². The minimum Gasteiger partial charge on any atom is -0.330 e. The fourth-order valence-corrected chi connectivity index (χ4v) is 1.06. The van der Waals surface area contributed by atoms with E-state index < -0.39 is 8.07 Å². The van der Waals surface area contributed by atoms with E-state index in [-0.39, 0.29) is 0 Å². The molecule has 0 aliphatic heterocycles. The van der Waals surface area contributed by atoms with E-state index in [0.29, 0.717) is 0 Å². The Morgan fingerprint density at radius 3 is 1.75 bits per heavy atom. The molecular weight excluding hydrogens is 114 g/mol. The third-order valence-electron chi connectivity index (χ3n) is 1.83. The molecule has 0 radical (unpaired) electrons. The summed E-state index contributed by atoms with van der Waals surface area (Å²) in [6.45, 7) is 10.2. The lowest BCUT2D eigenvalue weighted by Gasteiger charge is -2.22. The topological polar surface area (TPSA) is 26.0 Å². The molecule has 0 aromatic carbocycles. The van der Waals surface area contributed by atoms with Gasteiger partial charge in [-0.1, -0.05) is 26.6 Å². The van der Waals surface area contributed by atoms with Crippen LogP contribution < -0.4 is 5.73 Å². The average Bonchev–Trinajstić information content (AvgIpc) is 1.62. The van der Waals surface area contributed by atoms with Gasteiger partial charge >= 0.3 is 0 Å². The van der Waals surface area contributed by atoms with E-state index in [1.165, 1.54) is 0 Å². The lowest BCUT2D eigenvalue weighted by atomic mass is 10.5. The zero-order chi connectivity index (χ0) is 6.78. The predicted molar refractivity (Wildman–Crippen MR) is 41.8 cm³/mol. The third kappa shape index (κ3) is 2.48. The molecule has 2 heteroatoms. The summed E-state index contributed by atoms with van der Waals surface area (Å²) in [4.78, 5) is 0. The van der Waals surface area contributed by atoms with Crippen LogP contribution in [0.15, 0.2) is 0 Å². The molecule has 0 aromatic heterocycles. The Bertz CT molecular complexity index is 65.4. The van der Waals surface area contributed by atoms with Gasteiger partial charge in [0.05, 0.1) is 0 Å². The van der Waals surface area contributed by atoms with Gasteiger partial charge < -0.3 is 5.73 Å². The number of rotatable bonds is 2. The minimum absolute atomic E-state index is 0.766. The van der Waals surface area contributed by atoms with Crippen LogP contribution in [0.3, 0.4) is 0 Å². The van der Waals surface area contributed by atoms with Crippen LogP contribution >= 0.6 is 0 Å². The van der Waals surface area contributed by atoms with Crippen LogP contribution in [0.1, 0.15) is 6.92 Å². The highest BCUT2D eigenvalue weighted by Crippen LogP contribution is 2.18. The van der Waals surface area contributed by atoms with Gasteiger partial charge in [0.1, 0.15) is 0 Å². The zero-order valence-electron chi connectivity index (χ0n) is 6.36. The Kier molecular flexibility index (Phi) is 2.70. The molecular formula is C6H17NSi. The largest absolute Gasteiger partial charge is 0.330 e. The molecule has 0 spiro atoms. The van der Waals surface area contributed by atoms with Crippen LogP contribution in [0.4, 0.5) is 0 Å². The summed E-state index contributed by atoms with van der Waals surface area (Å²) in [5.74, 6) is 0. The van der Waals surface area contributed by atoms with Crippen molar-refractivity contribution in [2.45, 2.75) is 32.1 Å². The highest BCUT2D eigenvalue weighted by Gasteiger charge is 2.19. The minimum atomic E-state index is -0.886. The van der Waals surface area contributed by atoms with E-state index in [9.17, 15) is 0 Å². The Labute approximate surface area is 53.3 Å². The van der Waals surface area contributed by atoms with E-state index in [2.05, 4.69) is 26.6 Å². The summed E-state index contributed by atoms with van der Waals surface area (Å²) in [5.41, 5.74) is 6.26. The van der Waals surface area contributed by atoms with Crippen LogP contribution in [-0.4, -0.2) is 14.6 Å². The fraction of sp³-hybridized carbons (Fsp3) is 1.00. The van der Waals surface area contributed by atoms with Crippen molar-refractivity contribution in [2.24, 2.45) is 5.73 Å². The van der Waals surface area contributed by atoms with Crippen LogP contribution in [0.5, 0.6) is 0 Å². The smallest absolute Gasteiger partial charge is 0.0483 e. The van der Waals surface area contributed by atoms with Gasteiger partial charge in [-0.15, -0.1) is 0 Å². The van der Waals surface area contributed by atoms with Gasteiger partial charge in [0.2, 0.25) is 0 Å². The van der Waals surface area contributed by atoms with E-state index in [1.807, 2.05) is 0 Å². The maximum absolute atomic E-state index is 5.49. The van der Waals surface area contributed by atoms with Gasteiger partial charge in [0.15, 0.2) is 0 Å². The molecule has 0 saturated carbocycles. The molecule has 2 N–H and O–H groups in total. The molecule has 50 valence electrons. The maximum Gasteiger partial charge on any atom is 0.0483 e. The summed E-state index contributed by atoms with van der Waals surface area (Å²) in [6, 6.07) is 0. The molecule has 0 aromatic rings. The normalized spacial score (nSPS) is 16.1. The molecule has 0 fully saturated rings. The zero-order valence-corrected chi connectivity index (χ0v) is 7.36. The van der Waals surface area contributed by atoms with Crippen molar-refractivity contribution in [3.63, 3.8) is 0 Å². The number of hydrogen-bond donors (Lipinski definition) is 1. The highest BCUT2D eigenvalue weighted by molar-refractivity contribution is 6.77. The summed E-state index contributed by atoms with van der Waals surface area (Å²) in [6.07, 6.45) is 0. The second-order valence-electron chi connectivity index (χ2n) is 3.50. The molecule has 0 amide bonds. The molecule has 0 rings (SSSR count). The van der Waals surface area contributed by atoms with Gasteiger partial charge in [0, 0.05) is 8.07 Å². The van der Waals surface area contributed by atoms with Gasteiger partial charge in [-0.25, -0.2) is 0 Å². The number of hydrogen-bond acceptors (Lipinski definition) is 1. The molecule has 1 nitrogen and oxygen atoms in total. The second-order valence-corrected chi connectivity index (χ2v) is 9.22. The lowest BCUT2D eigenvalue weighted by molar-refractivity contribution is 0.887. The monoisotopic (exact) mass is 131 g/mol. The lowest BCUT2D eigenvalue weighted by Crippen LogP contribution is -2.31. The summed E-state index contributed by atoms with van der Waals surface area (Å²) in [7, 11) is -0.886. The van der Waals surface area contributed by atoms with Crippen LogP contribution in [0.2, 0.25) is 25.2 Å². The third-order valence-corrected chi connectivity index (χ3v) is 5.02. The molecule has 0 heterocycles. The fourth-order valence-electron chi connectivity index (χ4n) is 0.354. The first-order valence-electron chi connectivity index (χ1n) is 3.18. The van der Waals surface area contributed by atoms with E-state index in [0.717, 1.165) is 12.1 Å². The van der Waals surface area contributed by atoms with E-state index in [1.54, 1.807) is 0 Å². The SMILES string of the molecule is CC(CN)[Si](C)(C)C. The predicted octanol–water partition coefficient (Wildman–Crippen LogP) is 1.67. The van der Waals surface area contributed by atoms with Crippen LogP contribution in [0.25, 0.3) is 0 Å². The molecule has 0 aliphatic carbocycles. The first-order valence-corrected chi connectivity index (χ1v) is 6.76. The van der Waals surface area contributed by atoms with Crippen molar-refractivity contribution >= 4 is 8.07 Å². The summed E-state index contributed by atoms with van der Waals surface area (Å²) < 4.78 is 0. The van der Waals surface area contributed by atoms with Gasteiger partial charge in [-0.05, 0) is 12.1 Å². The maximum atomic E-state index is 5.49. The Morgan fingerprint density at radius 2 is 1.75 bits per heavy atom. The average molecular weight is 131 g/mol.